The van der Waals surface area contributed by atoms with E-state index in [1.807, 2.05) is 0 Å². The molecule has 0 aromatic heterocycles. The Bertz CT molecular complexity index is 297. The van der Waals surface area contributed by atoms with E-state index in [0.717, 1.165) is 4.90 Å². The van der Waals surface area contributed by atoms with Crippen LogP contribution in [-0.4, -0.2) is 18.8 Å². The van der Waals surface area contributed by atoms with E-state index in [1.54, 1.807) is 12.1 Å². The molecule has 0 saturated carbocycles. The maximum atomic E-state index is 12.5. The predicted molar refractivity (Wildman–Crippen MR) is 53.8 cm³/mol. The highest BCUT2D eigenvalue weighted by Gasteiger charge is 2.00. The first-order chi connectivity index (χ1) is 6.72. The van der Waals surface area contributed by atoms with Gasteiger partial charge >= 0.3 is 5.97 Å². The minimum atomic E-state index is -0.248. The lowest BCUT2D eigenvalue weighted by Gasteiger charge is -2.00. The molecule has 0 aliphatic carbocycles. The van der Waals surface area contributed by atoms with Gasteiger partial charge in [0.15, 0.2) is 0 Å². The van der Waals surface area contributed by atoms with Gasteiger partial charge < -0.3 is 4.74 Å². The molecule has 0 heterocycles. The number of benzene rings is 1. The largest absolute Gasteiger partial charge is 0.469 e. The number of hydrogen-bond donors (Lipinski definition) is 0. The highest BCUT2D eigenvalue weighted by molar-refractivity contribution is 7.99. The molecule has 0 bridgehead atoms. The quantitative estimate of drug-likeness (QED) is 0.569. The molecule has 0 saturated heterocycles. The first kappa shape index (κ1) is 11.0. The number of esters is 1. The number of ether oxygens (including phenoxy) is 1. The van der Waals surface area contributed by atoms with Crippen molar-refractivity contribution in [1.29, 1.82) is 0 Å². The van der Waals surface area contributed by atoms with Crippen LogP contribution in [0, 0.1) is 5.82 Å². The van der Waals surface area contributed by atoms with Crippen LogP contribution in [0.4, 0.5) is 4.39 Å². The summed E-state index contributed by atoms with van der Waals surface area (Å²) in [4.78, 5) is 11.7. The first-order valence-corrected chi connectivity index (χ1v) is 5.16. The van der Waals surface area contributed by atoms with Crippen LogP contribution in [0.15, 0.2) is 29.2 Å². The number of halogens is 1. The maximum absolute atomic E-state index is 12.5. The zero-order chi connectivity index (χ0) is 10.4. The van der Waals surface area contributed by atoms with Crippen molar-refractivity contribution in [3.05, 3.63) is 30.1 Å². The van der Waals surface area contributed by atoms with Crippen LogP contribution >= 0.6 is 11.8 Å². The fraction of sp³-hybridized carbons (Fsp3) is 0.300. The molecule has 1 rings (SSSR count). The van der Waals surface area contributed by atoms with Crippen molar-refractivity contribution >= 4 is 17.7 Å². The standard InChI is InChI=1S/C10H11FO2S/c1-13-10(12)6-7-14-9-4-2-8(11)3-5-9/h2-5H,6-7H2,1H3. The summed E-state index contributed by atoms with van der Waals surface area (Å²) in [5, 5.41) is 0. The van der Waals surface area contributed by atoms with E-state index in [1.165, 1.54) is 31.0 Å². The fourth-order valence-electron chi connectivity index (χ4n) is 0.885. The summed E-state index contributed by atoms with van der Waals surface area (Å²) in [7, 11) is 1.37. The van der Waals surface area contributed by atoms with Crippen molar-refractivity contribution in [2.75, 3.05) is 12.9 Å². The zero-order valence-corrected chi connectivity index (χ0v) is 8.64. The molecule has 0 radical (unpaired) electrons. The summed E-state index contributed by atoms with van der Waals surface area (Å²) in [6, 6.07) is 6.19. The van der Waals surface area contributed by atoms with Crippen molar-refractivity contribution in [2.24, 2.45) is 0 Å². The number of carbonyl (C=O) groups excluding carboxylic acids is 1. The van der Waals surface area contributed by atoms with E-state index in [-0.39, 0.29) is 11.8 Å². The summed E-state index contributed by atoms with van der Waals surface area (Å²) in [6.45, 7) is 0. The second-order valence-electron chi connectivity index (χ2n) is 2.63. The predicted octanol–water partition coefficient (Wildman–Crippen LogP) is 2.48. The van der Waals surface area contributed by atoms with Crippen LogP contribution in [0.1, 0.15) is 6.42 Å². The van der Waals surface area contributed by atoms with E-state index >= 15 is 0 Å². The molecule has 1 aromatic carbocycles. The van der Waals surface area contributed by atoms with E-state index in [0.29, 0.717) is 12.2 Å². The molecule has 2 nitrogen and oxygen atoms in total. The number of rotatable bonds is 4. The van der Waals surface area contributed by atoms with Gasteiger partial charge in [-0.05, 0) is 24.3 Å². The molecule has 0 aliphatic heterocycles. The highest BCUT2D eigenvalue weighted by Crippen LogP contribution is 2.18. The Labute approximate surface area is 86.5 Å². The summed E-state index contributed by atoms with van der Waals surface area (Å²) >= 11 is 1.51. The van der Waals surface area contributed by atoms with Gasteiger partial charge in [-0.2, -0.15) is 0 Å². The lowest BCUT2D eigenvalue weighted by atomic mass is 10.4. The molecule has 0 atom stereocenters. The van der Waals surface area contributed by atoms with E-state index < -0.39 is 0 Å². The molecular weight excluding hydrogens is 203 g/mol. The molecule has 0 N–H and O–H groups in total. The Morgan fingerprint density at radius 1 is 1.43 bits per heavy atom. The van der Waals surface area contributed by atoms with Crippen molar-refractivity contribution in [3.63, 3.8) is 0 Å². The van der Waals surface area contributed by atoms with Crippen LogP contribution in [-0.2, 0) is 9.53 Å². The van der Waals surface area contributed by atoms with E-state index in [9.17, 15) is 9.18 Å². The third-order valence-corrected chi connectivity index (χ3v) is 2.63. The summed E-state index contributed by atoms with van der Waals surface area (Å²) in [5.41, 5.74) is 0. The van der Waals surface area contributed by atoms with Gasteiger partial charge in [-0.1, -0.05) is 0 Å². The molecule has 4 heteroatoms. The topological polar surface area (TPSA) is 26.3 Å². The van der Waals surface area contributed by atoms with Gasteiger partial charge in [-0.3, -0.25) is 4.79 Å². The lowest BCUT2D eigenvalue weighted by Crippen LogP contribution is -2.00. The van der Waals surface area contributed by atoms with E-state index in [4.69, 9.17) is 0 Å². The molecule has 0 amide bonds. The smallest absolute Gasteiger partial charge is 0.306 e. The van der Waals surface area contributed by atoms with Crippen molar-refractivity contribution < 1.29 is 13.9 Å². The van der Waals surface area contributed by atoms with Gasteiger partial charge in [-0.25, -0.2) is 4.39 Å². The monoisotopic (exact) mass is 214 g/mol. The Morgan fingerprint density at radius 2 is 2.07 bits per heavy atom. The third kappa shape index (κ3) is 3.79. The normalized spacial score (nSPS) is 9.86. The van der Waals surface area contributed by atoms with E-state index in [2.05, 4.69) is 4.74 Å². The minimum Gasteiger partial charge on any atom is -0.469 e. The Hall–Kier alpha value is -1.03. The second-order valence-corrected chi connectivity index (χ2v) is 3.80. The fourth-order valence-corrected chi connectivity index (χ4v) is 1.72. The van der Waals surface area contributed by atoms with Gasteiger partial charge in [0.05, 0.1) is 13.5 Å². The molecule has 0 fully saturated rings. The van der Waals surface area contributed by atoms with Crippen LogP contribution < -0.4 is 0 Å². The van der Waals surface area contributed by atoms with Gasteiger partial charge in [0.2, 0.25) is 0 Å². The molecule has 76 valence electrons. The number of thioether (sulfide) groups is 1. The number of methoxy groups -OCH3 is 1. The molecule has 14 heavy (non-hydrogen) atoms. The molecular formula is C10H11FO2S. The summed E-state index contributed by atoms with van der Waals surface area (Å²) in [6.07, 6.45) is 0.374. The number of hydrogen-bond acceptors (Lipinski definition) is 3. The molecule has 0 unspecified atom stereocenters. The minimum absolute atomic E-state index is 0.223. The SMILES string of the molecule is COC(=O)CCSc1ccc(F)cc1. The molecule has 0 aliphatic rings. The van der Waals surface area contributed by atoms with Crippen LogP contribution in [0.3, 0.4) is 0 Å². The van der Waals surface area contributed by atoms with Crippen LogP contribution in [0.2, 0.25) is 0 Å². The number of carbonyl (C=O) groups is 1. The average molecular weight is 214 g/mol. The Morgan fingerprint density at radius 3 is 2.64 bits per heavy atom. The Balaban J connectivity index is 2.31. The van der Waals surface area contributed by atoms with Crippen molar-refractivity contribution in [2.45, 2.75) is 11.3 Å². The third-order valence-electron chi connectivity index (χ3n) is 1.62. The van der Waals surface area contributed by atoms with Crippen LogP contribution in [0.25, 0.3) is 0 Å². The van der Waals surface area contributed by atoms with Crippen molar-refractivity contribution in [3.8, 4) is 0 Å². The zero-order valence-electron chi connectivity index (χ0n) is 7.83. The average Bonchev–Trinajstić information content (AvgIpc) is 2.21. The van der Waals surface area contributed by atoms with Crippen molar-refractivity contribution in [1.82, 2.24) is 0 Å². The Kier molecular flexibility index (Phi) is 4.46. The molecule has 0 spiro atoms. The van der Waals surface area contributed by atoms with Crippen LogP contribution in [0.5, 0.6) is 0 Å². The summed E-state index contributed by atoms with van der Waals surface area (Å²) in [5.74, 6) is 0.181. The van der Waals surface area contributed by atoms with Gasteiger partial charge in [0.1, 0.15) is 5.82 Å². The summed E-state index contributed by atoms with van der Waals surface area (Å²) < 4.78 is 17.0. The highest BCUT2D eigenvalue weighted by atomic mass is 32.2. The maximum Gasteiger partial charge on any atom is 0.306 e. The van der Waals surface area contributed by atoms with Gasteiger partial charge in [0, 0.05) is 10.6 Å². The van der Waals surface area contributed by atoms with Gasteiger partial charge in [0.25, 0.3) is 0 Å². The molecule has 1 aromatic rings. The lowest BCUT2D eigenvalue weighted by molar-refractivity contribution is -0.140. The second kappa shape index (κ2) is 5.65. The van der Waals surface area contributed by atoms with Gasteiger partial charge in [-0.15, -0.1) is 11.8 Å². The first-order valence-electron chi connectivity index (χ1n) is 4.17.